The average molecular weight is 492 g/mol. The fraction of sp³-hybridized carbons (Fsp3) is 0.433. The largest absolute Gasteiger partial charge is 0.479 e. The average Bonchev–Trinajstić information content (AvgIpc) is 2.80. The van der Waals surface area contributed by atoms with Gasteiger partial charge in [0, 0.05) is 30.8 Å². The number of fused-ring (bicyclic) bond motifs is 1. The van der Waals surface area contributed by atoms with Crippen molar-refractivity contribution in [2.45, 2.75) is 78.9 Å². The van der Waals surface area contributed by atoms with E-state index >= 15 is 0 Å². The number of rotatable bonds is 9. The Hall–Kier alpha value is -3.25. The van der Waals surface area contributed by atoms with Crippen LogP contribution in [-0.2, 0) is 27.8 Å². The number of aryl methyl sites for hydroxylation is 3. The minimum Gasteiger partial charge on any atom is -0.479 e. The van der Waals surface area contributed by atoms with Gasteiger partial charge in [0.05, 0.1) is 11.3 Å². The van der Waals surface area contributed by atoms with E-state index in [2.05, 4.69) is 0 Å². The smallest absolute Gasteiger partial charge is 0.339 e. The molecule has 0 saturated heterocycles. The summed E-state index contributed by atoms with van der Waals surface area (Å²) in [6.45, 7) is 11.4. The Kier molecular flexibility index (Phi) is 8.19. The Morgan fingerprint density at radius 1 is 1.00 bits per heavy atom. The van der Waals surface area contributed by atoms with Crippen molar-refractivity contribution in [3.05, 3.63) is 69.1 Å². The number of hydrogen-bond donors (Lipinski definition) is 1. The molecule has 6 nitrogen and oxygen atoms in total. The molecule has 0 saturated carbocycles. The summed E-state index contributed by atoms with van der Waals surface area (Å²) >= 11 is 0. The molecule has 6 heteroatoms. The first-order valence-electron chi connectivity index (χ1n) is 12.5. The second-order valence-electron chi connectivity index (χ2n) is 10.5. The van der Waals surface area contributed by atoms with E-state index in [-0.39, 0.29) is 11.3 Å². The van der Waals surface area contributed by atoms with Crippen LogP contribution in [0.2, 0.25) is 0 Å². The lowest BCUT2D eigenvalue weighted by atomic mass is 9.91. The van der Waals surface area contributed by atoms with E-state index < -0.39 is 17.7 Å². The third-order valence-corrected chi connectivity index (χ3v) is 6.47. The van der Waals surface area contributed by atoms with Crippen LogP contribution >= 0.6 is 0 Å². The maximum absolute atomic E-state index is 13.6. The summed E-state index contributed by atoms with van der Waals surface area (Å²) in [5, 5.41) is 11.4. The predicted molar refractivity (Wildman–Crippen MR) is 144 cm³/mol. The molecule has 0 bridgehead atoms. The van der Waals surface area contributed by atoms with E-state index in [0.717, 1.165) is 28.7 Å². The lowest BCUT2D eigenvalue weighted by Crippen LogP contribution is -2.33. The number of hydrogen-bond acceptors (Lipinski definition) is 4. The Bertz CT molecular complexity index is 1360. The van der Waals surface area contributed by atoms with Crippen LogP contribution in [0.15, 0.2) is 41.2 Å². The van der Waals surface area contributed by atoms with E-state index in [0.29, 0.717) is 41.3 Å². The zero-order valence-electron chi connectivity index (χ0n) is 22.4. The minimum absolute atomic E-state index is 0.209. The number of Topliss-reactive ketones (excluding diaryl/α,β-unsaturated/α-hetero) is 1. The maximum Gasteiger partial charge on any atom is 0.339 e. The van der Waals surface area contributed by atoms with Crippen LogP contribution in [0.4, 0.5) is 0 Å². The van der Waals surface area contributed by atoms with Crippen molar-refractivity contribution in [1.29, 1.82) is 0 Å². The molecular formula is C30H37NO5. The highest BCUT2D eigenvalue weighted by atomic mass is 16.5. The number of nitrogens with zero attached hydrogens (tertiary/aromatic N) is 1. The van der Waals surface area contributed by atoms with Crippen molar-refractivity contribution in [1.82, 2.24) is 4.57 Å². The number of ether oxygens (including phenoxy) is 1. The molecule has 3 rings (SSSR count). The Labute approximate surface area is 212 Å². The minimum atomic E-state index is -1.34. The lowest BCUT2D eigenvalue weighted by Gasteiger charge is -2.28. The number of aliphatic carboxylic acids is 1. The highest BCUT2D eigenvalue weighted by molar-refractivity contribution is 5.99. The molecule has 192 valence electrons. The monoisotopic (exact) mass is 491 g/mol. The van der Waals surface area contributed by atoms with E-state index in [1.807, 2.05) is 57.2 Å². The first kappa shape index (κ1) is 27.3. The van der Waals surface area contributed by atoms with Gasteiger partial charge in [-0.15, -0.1) is 0 Å². The molecule has 1 N–H and O–H groups in total. The summed E-state index contributed by atoms with van der Waals surface area (Å²) in [6, 6.07) is 11.6. The predicted octanol–water partition coefficient (Wildman–Crippen LogP) is 6.06. The number of carbonyl (C=O) groups is 2. The fourth-order valence-electron chi connectivity index (χ4n) is 4.51. The van der Waals surface area contributed by atoms with Gasteiger partial charge in [-0.1, -0.05) is 37.3 Å². The number of benzene rings is 2. The van der Waals surface area contributed by atoms with Gasteiger partial charge >= 0.3 is 5.97 Å². The normalized spacial score (nSPS) is 12.6. The van der Waals surface area contributed by atoms with Crippen LogP contribution in [0.25, 0.3) is 21.9 Å². The van der Waals surface area contributed by atoms with Crippen molar-refractivity contribution in [3.63, 3.8) is 0 Å². The summed E-state index contributed by atoms with van der Waals surface area (Å²) in [4.78, 5) is 38.1. The number of ketones is 1. The molecule has 0 aliphatic carbocycles. The molecule has 1 unspecified atom stereocenters. The van der Waals surface area contributed by atoms with E-state index in [9.17, 15) is 19.5 Å². The molecule has 0 fully saturated rings. The number of carboxylic acid groups (broad SMARTS) is 1. The van der Waals surface area contributed by atoms with Gasteiger partial charge in [-0.2, -0.15) is 0 Å². The summed E-state index contributed by atoms with van der Waals surface area (Å²) < 4.78 is 7.41. The zero-order chi connectivity index (χ0) is 26.8. The van der Waals surface area contributed by atoms with E-state index in [1.54, 1.807) is 27.8 Å². The quantitative estimate of drug-likeness (QED) is 0.393. The number of aromatic nitrogens is 1. The number of carboxylic acids is 1. The van der Waals surface area contributed by atoms with Crippen LogP contribution in [0.5, 0.6) is 0 Å². The second kappa shape index (κ2) is 10.8. The van der Waals surface area contributed by atoms with Crippen molar-refractivity contribution < 1.29 is 19.4 Å². The molecular weight excluding hydrogens is 454 g/mol. The van der Waals surface area contributed by atoms with Gasteiger partial charge in [0.2, 0.25) is 0 Å². The van der Waals surface area contributed by atoms with Crippen LogP contribution in [0, 0.1) is 13.8 Å². The van der Waals surface area contributed by atoms with Crippen molar-refractivity contribution in [2.75, 3.05) is 0 Å². The molecule has 1 heterocycles. The molecule has 3 aromatic rings. The molecule has 0 spiro atoms. The Morgan fingerprint density at radius 3 is 2.28 bits per heavy atom. The highest BCUT2D eigenvalue weighted by Gasteiger charge is 2.33. The molecule has 0 amide bonds. The zero-order valence-corrected chi connectivity index (χ0v) is 22.4. The van der Waals surface area contributed by atoms with Crippen LogP contribution in [0.1, 0.15) is 75.4 Å². The highest BCUT2D eigenvalue weighted by Crippen LogP contribution is 2.37. The molecule has 2 aromatic carbocycles. The Morgan fingerprint density at radius 2 is 1.69 bits per heavy atom. The van der Waals surface area contributed by atoms with Crippen molar-refractivity contribution in [2.24, 2.45) is 7.05 Å². The topological polar surface area (TPSA) is 85.6 Å². The number of carbonyl (C=O) groups excluding carboxylic acids is 1. The van der Waals surface area contributed by atoms with Gasteiger partial charge in [-0.25, -0.2) is 4.79 Å². The van der Waals surface area contributed by atoms with Crippen molar-refractivity contribution >= 4 is 22.5 Å². The number of pyridine rings is 1. The SMILES string of the molecule is CCCC(=O)CCc1ccc2c(-c3ccc(C)c(C)c3)c(C(OC(C)(C)C)C(=O)O)n(C)c(=O)c2c1. The summed E-state index contributed by atoms with van der Waals surface area (Å²) in [5.74, 6) is -0.948. The van der Waals surface area contributed by atoms with Gasteiger partial charge in [0.15, 0.2) is 6.10 Å². The summed E-state index contributed by atoms with van der Waals surface area (Å²) in [5.41, 5.74) is 3.85. The van der Waals surface area contributed by atoms with E-state index in [1.165, 1.54) is 4.57 Å². The standard InChI is InChI=1S/C30H37NO5/c1-8-9-22(32)14-11-20-12-15-23-24(17-20)28(33)31(7)26(27(29(34)35)36-30(4,5)6)25(23)21-13-10-18(2)19(3)16-21/h10,12-13,15-17,27H,8-9,11,14H2,1-7H3,(H,34,35). The third-order valence-electron chi connectivity index (χ3n) is 6.47. The van der Waals surface area contributed by atoms with Crippen LogP contribution in [-0.4, -0.2) is 27.0 Å². The lowest BCUT2D eigenvalue weighted by molar-refractivity contribution is -0.161. The molecule has 36 heavy (non-hydrogen) atoms. The first-order chi connectivity index (χ1) is 16.8. The van der Waals surface area contributed by atoms with E-state index in [4.69, 9.17) is 4.74 Å². The molecule has 0 aliphatic heterocycles. The van der Waals surface area contributed by atoms with Gasteiger partial charge in [-0.3, -0.25) is 9.59 Å². The molecule has 1 aromatic heterocycles. The molecule has 0 radical (unpaired) electrons. The summed E-state index contributed by atoms with van der Waals surface area (Å²) in [6.07, 6.45) is 1.03. The summed E-state index contributed by atoms with van der Waals surface area (Å²) in [7, 11) is 1.60. The second-order valence-corrected chi connectivity index (χ2v) is 10.5. The Balaban J connectivity index is 2.33. The molecule has 1 atom stereocenters. The van der Waals surface area contributed by atoms with Gasteiger partial charge in [0.25, 0.3) is 5.56 Å². The van der Waals surface area contributed by atoms with Gasteiger partial charge in [0.1, 0.15) is 5.78 Å². The maximum atomic E-state index is 13.6. The van der Waals surface area contributed by atoms with Crippen LogP contribution in [0.3, 0.4) is 0 Å². The van der Waals surface area contributed by atoms with Crippen molar-refractivity contribution in [3.8, 4) is 11.1 Å². The fourth-order valence-corrected chi connectivity index (χ4v) is 4.51. The first-order valence-corrected chi connectivity index (χ1v) is 12.5. The van der Waals surface area contributed by atoms with Gasteiger partial charge < -0.3 is 14.4 Å². The van der Waals surface area contributed by atoms with Crippen LogP contribution < -0.4 is 5.56 Å². The third kappa shape index (κ3) is 5.93. The van der Waals surface area contributed by atoms with Gasteiger partial charge in [-0.05, 0) is 81.2 Å². The molecule has 0 aliphatic rings.